The third-order valence-corrected chi connectivity index (χ3v) is 9.53. The molecule has 0 aromatic heterocycles. The van der Waals surface area contributed by atoms with Crippen molar-refractivity contribution < 1.29 is 4.74 Å². The summed E-state index contributed by atoms with van der Waals surface area (Å²) in [5.41, 5.74) is 8.65. The van der Waals surface area contributed by atoms with E-state index in [4.69, 9.17) is 16.3 Å². The van der Waals surface area contributed by atoms with Crippen molar-refractivity contribution in [2.75, 3.05) is 46.4 Å². The van der Waals surface area contributed by atoms with Crippen molar-refractivity contribution in [2.45, 2.75) is 78.1 Å². The highest BCUT2D eigenvalue weighted by Crippen LogP contribution is 2.33. The fourth-order valence-electron chi connectivity index (χ4n) is 6.56. The van der Waals surface area contributed by atoms with Crippen LogP contribution in [0.3, 0.4) is 0 Å². The van der Waals surface area contributed by atoms with Gasteiger partial charge in [0.05, 0.1) is 7.11 Å². The van der Waals surface area contributed by atoms with E-state index in [0.717, 1.165) is 35.6 Å². The Bertz CT molecular complexity index is 1160. The molecule has 0 aliphatic carbocycles. The van der Waals surface area contributed by atoms with E-state index in [9.17, 15) is 0 Å². The monoisotopic (exact) mass is 562 g/mol. The molecule has 218 valence electrons. The molecule has 2 heterocycles. The number of ether oxygens (including phenoxy) is 1. The summed E-state index contributed by atoms with van der Waals surface area (Å²) in [5.74, 6) is 1.68. The van der Waals surface area contributed by atoms with Gasteiger partial charge >= 0.3 is 0 Å². The number of aryl methyl sites for hydroxylation is 3. The second-order valence-corrected chi connectivity index (χ2v) is 12.7. The van der Waals surface area contributed by atoms with Crippen LogP contribution >= 0.6 is 11.6 Å². The second-order valence-electron chi connectivity index (χ2n) is 12.3. The van der Waals surface area contributed by atoms with E-state index in [-0.39, 0.29) is 0 Å². The fraction of sp³-hybridized carbons (Fsp3) is 0.556. The topological polar surface area (TPSA) is 15.7 Å². The van der Waals surface area contributed by atoms with Crippen LogP contribution in [0.4, 0.5) is 0 Å². The Morgan fingerprint density at radius 2 is 1.57 bits per heavy atom. The van der Waals surface area contributed by atoms with Gasteiger partial charge in [-0.15, -0.1) is 0 Å². The molecule has 2 aromatic rings. The van der Waals surface area contributed by atoms with Crippen molar-refractivity contribution in [2.24, 2.45) is 5.92 Å². The summed E-state index contributed by atoms with van der Waals surface area (Å²) in [6, 6.07) is 11.0. The molecular weight excluding hydrogens is 512 g/mol. The molecule has 0 spiro atoms. The average Bonchev–Trinajstić information content (AvgIpc) is 3.17. The Balaban J connectivity index is 1.50. The molecule has 4 heteroatoms. The van der Waals surface area contributed by atoms with Crippen LogP contribution in [0.15, 0.2) is 43.5 Å². The van der Waals surface area contributed by atoms with Gasteiger partial charge in [-0.1, -0.05) is 49.7 Å². The average molecular weight is 563 g/mol. The molecule has 3 nitrogen and oxygen atoms in total. The van der Waals surface area contributed by atoms with Crippen molar-refractivity contribution in [1.82, 2.24) is 9.80 Å². The minimum atomic E-state index is 0.628. The Hall–Kier alpha value is -2.07. The summed E-state index contributed by atoms with van der Waals surface area (Å²) in [6.45, 7) is 20.5. The molecule has 2 aromatic carbocycles. The summed E-state index contributed by atoms with van der Waals surface area (Å²) in [6.07, 6.45) is 11.7. The van der Waals surface area contributed by atoms with Gasteiger partial charge in [-0.25, -0.2) is 0 Å². The Morgan fingerprint density at radius 1 is 0.850 bits per heavy atom. The molecule has 2 aliphatic heterocycles. The molecule has 0 saturated carbocycles. The lowest BCUT2D eigenvalue weighted by molar-refractivity contribution is 0.239. The van der Waals surface area contributed by atoms with Gasteiger partial charge in [0.1, 0.15) is 5.75 Å². The third kappa shape index (κ3) is 8.71. The van der Waals surface area contributed by atoms with Gasteiger partial charge in [-0.05, 0) is 154 Å². The van der Waals surface area contributed by atoms with Crippen molar-refractivity contribution in [1.29, 1.82) is 0 Å². The van der Waals surface area contributed by atoms with Crippen molar-refractivity contribution in [3.8, 4) is 5.75 Å². The molecule has 3 atom stereocenters. The van der Waals surface area contributed by atoms with Gasteiger partial charge in [0.25, 0.3) is 0 Å². The minimum Gasteiger partial charge on any atom is -0.496 e. The second kappa shape index (κ2) is 15.2. The summed E-state index contributed by atoms with van der Waals surface area (Å²) in [5, 5.41) is 0.836. The lowest BCUT2D eigenvalue weighted by Crippen LogP contribution is -2.32. The molecule has 3 unspecified atom stereocenters. The zero-order chi connectivity index (χ0) is 28.5. The maximum atomic E-state index is 6.47. The van der Waals surface area contributed by atoms with Crippen LogP contribution in [-0.2, 0) is 6.42 Å². The quantitative estimate of drug-likeness (QED) is 0.370. The van der Waals surface area contributed by atoms with Crippen LogP contribution in [0.5, 0.6) is 5.75 Å². The van der Waals surface area contributed by atoms with Crippen LogP contribution in [-0.4, -0.2) is 56.2 Å². The number of rotatable bonds is 4. The number of hydrogen-bond donors (Lipinski definition) is 0. The van der Waals surface area contributed by atoms with E-state index < -0.39 is 0 Å². The number of halogens is 1. The minimum absolute atomic E-state index is 0.628. The maximum absolute atomic E-state index is 6.47. The molecule has 0 radical (unpaired) electrons. The van der Waals surface area contributed by atoms with Crippen molar-refractivity contribution in [3.63, 3.8) is 0 Å². The predicted octanol–water partition coefficient (Wildman–Crippen LogP) is 8.99. The standard InChI is InChI=1S/C36H51ClN2O/c1-27-11-8-9-17-38-18-10-19-39(22-21-38)20-16-31(23-29(3)32-15-14-28(2)35(37)26-32)12-6-7-13-33-25-34(27)24-30(4)36(33)40-5/h14-15,24-26,31H,1,3,6-13,16-23H2,2,4-5H3. The predicted molar refractivity (Wildman–Crippen MR) is 174 cm³/mol. The first-order valence-electron chi connectivity index (χ1n) is 15.6. The molecular formula is C36H51ClN2O. The van der Waals surface area contributed by atoms with E-state index in [1.54, 1.807) is 0 Å². The first-order valence-corrected chi connectivity index (χ1v) is 16.0. The van der Waals surface area contributed by atoms with Crippen LogP contribution in [0, 0.1) is 19.8 Å². The zero-order valence-corrected chi connectivity index (χ0v) is 26.1. The first-order chi connectivity index (χ1) is 19.3. The summed E-state index contributed by atoms with van der Waals surface area (Å²) < 4.78 is 5.86. The van der Waals surface area contributed by atoms with Crippen LogP contribution in [0.25, 0.3) is 11.1 Å². The van der Waals surface area contributed by atoms with Crippen LogP contribution in [0.1, 0.15) is 85.6 Å². The van der Waals surface area contributed by atoms with E-state index in [2.05, 4.69) is 67.1 Å². The van der Waals surface area contributed by atoms with E-state index in [1.165, 1.54) is 118 Å². The number of fused-ring (bicyclic) bond motifs is 5. The maximum Gasteiger partial charge on any atom is 0.124 e. The number of hydrogen-bond acceptors (Lipinski definition) is 3. The van der Waals surface area contributed by atoms with Gasteiger partial charge in [0.15, 0.2) is 0 Å². The highest BCUT2D eigenvalue weighted by Gasteiger charge is 2.19. The Labute approximate surface area is 249 Å². The molecule has 4 bridgehead atoms. The Morgan fingerprint density at radius 3 is 2.33 bits per heavy atom. The van der Waals surface area contributed by atoms with Crippen molar-refractivity contribution in [3.05, 3.63) is 76.3 Å². The van der Waals surface area contributed by atoms with Gasteiger partial charge < -0.3 is 14.5 Å². The fourth-order valence-corrected chi connectivity index (χ4v) is 6.74. The third-order valence-electron chi connectivity index (χ3n) is 9.13. The van der Waals surface area contributed by atoms with Gasteiger partial charge in [-0.3, -0.25) is 0 Å². The molecule has 1 fully saturated rings. The molecule has 4 rings (SSSR count). The number of nitrogens with zero attached hydrogens (tertiary/aromatic N) is 2. The number of benzene rings is 2. The summed E-state index contributed by atoms with van der Waals surface area (Å²) in [4.78, 5) is 5.40. The van der Waals surface area contributed by atoms with E-state index in [1.807, 2.05) is 7.11 Å². The number of methoxy groups -OCH3 is 1. The van der Waals surface area contributed by atoms with Crippen molar-refractivity contribution >= 4 is 22.7 Å². The van der Waals surface area contributed by atoms with Gasteiger partial charge in [0, 0.05) is 18.1 Å². The zero-order valence-electron chi connectivity index (χ0n) is 25.4. The van der Waals surface area contributed by atoms with Gasteiger partial charge in [0.2, 0.25) is 0 Å². The largest absolute Gasteiger partial charge is 0.496 e. The van der Waals surface area contributed by atoms with Crippen LogP contribution < -0.4 is 4.74 Å². The molecule has 2 aliphatic rings. The number of allylic oxidation sites excluding steroid dienone is 2. The highest BCUT2D eigenvalue weighted by atomic mass is 35.5. The lowest BCUT2D eigenvalue weighted by atomic mass is 9.88. The molecule has 40 heavy (non-hydrogen) atoms. The Kier molecular flexibility index (Phi) is 11.8. The van der Waals surface area contributed by atoms with E-state index in [0.29, 0.717) is 5.92 Å². The normalized spacial score (nSPS) is 23.5. The SMILES string of the molecule is C=C1CCCCN2CCCN(CCC(CC(=C)c3ccc(C)c(Cl)c3)CCCCc3cc1cc(C)c3OC)CC2. The molecule has 1 saturated heterocycles. The molecule has 0 amide bonds. The van der Waals surface area contributed by atoms with Crippen LogP contribution in [0.2, 0.25) is 5.02 Å². The summed E-state index contributed by atoms with van der Waals surface area (Å²) >= 11 is 6.47. The summed E-state index contributed by atoms with van der Waals surface area (Å²) in [7, 11) is 1.81. The van der Waals surface area contributed by atoms with E-state index >= 15 is 0 Å². The molecule has 0 N–H and O–H groups in total. The van der Waals surface area contributed by atoms with Gasteiger partial charge in [-0.2, -0.15) is 0 Å². The first kappa shape index (κ1) is 30.9. The lowest BCUT2D eigenvalue weighted by Gasteiger charge is -2.25. The smallest absolute Gasteiger partial charge is 0.124 e. The highest BCUT2D eigenvalue weighted by molar-refractivity contribution is 6.31.